The molecule has 0 aliphatic rings. The highest BCUT2D eigenvalue weighted by Crippen LogP contribution is 2.15. The Morgan fingerprint density at radius 1 is 0.773 bits per heavy atom. The van der Waals surface area contributed by atoms with E-state index < -0.39 is 8.40 Å². The molecule has 0 radical (unpaired) electrons. The molecule has 0 saturated carbocycles. The summed E-state index contributed by atoms with van der Waals surface area (Å²) < 4.78 is 9.99. The molecule has 7 heteroatoms. The van der Waals surface area contributed by atoms with Gasteiger partial charge in [-0.1, -0.05) is 30.3 Å². The number of aryl methyl sites for hydroxylation is 2. The summed E-state index contributed by atoms with van der Waals surface area (Å²) in [6.07, 6.45) is 8.14. The second-order valence-electron chi connectivity index (χ2n) is 5.51. The second-order valence-corrected chi connectivity index (χ2v) is 9.82. The van der Waals surface area contributed by atoms with Crippen molar-refractivity contribution in [3.05, 3.63) is 64.7 Å². The van der Waals surface area contributed by atoms with Gasteiger partial charge in [-0.05, 0) is 36.2 Å². The van der Waals surface area contributed by atoms with Crippen LogP contribution in [0.5, 0.6) is 0 Å². The van der Waals surface area contributed by atoms with Gasteiger partial charge in [-0.15, -0.1) is 0 Å². The second kappa shape index (κ2) is 5.49. The maximum atomic E-state index is 5.63. The molecule has 3 rings (SSSR count). The number of benzene rings is 1. The number of hydrogen-bond acceptors (Lipinski definition) is 2. The van der Waals surface area contributed by atoms with Gasteiger partial charge in [-0.3, -0.25) is 0 Å². The first-order valence-corrected chi connectivity index (χ1v) is 10.2. The van der Waals surface area contributed by atoms with E-state index in [-0.39, 0.29) is 0 Å². The van der Waals surface area contributed by atoms with E-state index in [0.29, 0.717) is 0 Å². The molecule has 0 unspecified atom stereocenters. The first-order valence-electron chi connectivity index (χ1n) is 7.00. The predicted molar refractivity (Wildman–Crippen MR) is 97.0 cm³/mol. The molecule has 0 N–H and O–H groups in total. The zero-order valence-corrected chi connectivity index (χ0v) is 15.4. The average molecular weight is 347 g/mol. The zero-order valence-electron chi connectivity index (χ0n) is 12.8. The quantitative estimate of drug-likeness (QED) is 0.537. The van der Waals surface area contributed by atoms with Gasteiger partial charge >= 0.3 is 8.40 Å². The van der Waals surface area contributed by atoms with Gasteiger partial charge in [0, 0.05) is 38.9 Å². The Labute approximate surface area is 141 Å². The Kier molecular flexibility index (Phi) is 3.80. The Balaban J connectivity index is 2.38. The third-order valence-electron chi connectivity index (χ3n) is 4.15. The maximum absolute atomic E-state index is 5.63. The molecule has 1 aromatic carbocycles. The lowest BCUT2D eigenvalue weighted by molar-refractivity contribution is 0.846. The number of nitrogens with zero attached hydrogens (tertiary/aromatic N) is 4. The molecule has 0 fully saturated rings. The summed E-state index contributed by atoms with van der Waals surface area (Å²) in [5.41, 5.74) is 0. The molecule has 0 aliphatic heterocycles. The van der Waals surface area contributed by atoms with Gasteiger partial charge in [0.05, 0.1) is 0 Å². The van der Waals surface area contributed by atoms with Crippen LogP contribution in [0.4, 0.5) is 0 Å². The third-order valence-corrected chi connectivity index (χ3v) is 9.47. The van der Waals surface area contributed by atoms with Crippen molar-refractivity contribution in [1.82, 2.24) is 17.6 Å². The van der Waals surface area contributed by atoms with E-state index >= 15 is 0 Å². The highest BCUT2D eigenvalue weighted by atomic mass is 32.1. The van der Waals surface area contributed by atoms with E-state index in [1.165, 1.54) is 5.19 Å². The third kappa shape index (κ3) is 2.16. The van der Waals surface area contributed by atoms with Crippen LogP contribution in [0.25, 0.3) is 0 Å². The first-order chi connectivity index (χ1) is 10.5. The highest BCUT2D eigenvalue weighted by molar-refractivity contribution is 7.71. The minimum atomic E-state index is -2.34. The minimum Gasteiger partial charge on any atom is -0.328 e. The van der Waals surface area contributed by atoms with E-state index in [9.17, 15) is 0 Å². The van der Waals surface area contributed by atoms with Crippen molar-refractivity contribution in [1.29, 1.82) is 0 Å². The van der Waals surface area contributed by atoms with Gasteiger partial charge < -0.3 is 17.6 Å². The van der Waals surface area contributed by atoms with Crippen LogP contribution in [0.15, 0.2) is 55.1 Å². The Bertz CT molecular complexity index is 863. The SMILES string of the molecule is Cn1ccn([Si](C)(c2ccccc2)n2ccn(C)c2=S)c1=S. The van der Waals surface area contributed by atoms with Crippen LogP contribution in [0.3, 0.4) is 0 Å². The summed E-state index contributed by atoms with van der Waals surface area (Å²) in [5.74, 6) is 0. The molecule has 2 aromatic heterocycles. The summed E-state index contributed by atoms with van der Waals surface area (Å²) in [6.45, 7) is 2.27. The summed E-state index contributed by atoms with van der Waals surface area (Å²) in [7, 11) is 1.61. The molecule has 0 aliphatic carbocycles. The lowest BCUT2D eigenvalue weighted by Crippen LogP contribution is -2.58. The molecule has 0 atom stereocenters. The van der Waals surface area contributed by atoms with Gasteiger partial charge in [-0.2, -0.15) is 0 Å². The lowest BCUT2D eigenvalue weighted by atomic mass is 10.4. The monoisotopic (exact) mass is 346 g/mol. The van der Waals surface area contributed by atoms with Crippen LogP contribution in [0.2, 0.25) is 6.55 Å². The molecule has 0 saturated heterocycles. The van der Waals surface area contributed by atoms with E-state index in [1.807, 2.05) is 41.7 Å². The summed E-state index contributed by atoms with van der Waals surface area (Å²) in [5, 5.41) is 1.26. The summed E-state index contributed by atoms with van der Waals surface area (Å²) >= 11 is 11.3. The summed E-state index contributed by atoms with van der Waals surface area (Å²) in [6, 6.07) is 10.5. The van der Waals surface area contributed by atoms with Crippen molar-refractivity contribution in [3.63, 3.8) is 0 Å². The molecule has 0 bridgehead atoms. The predicted octanol–water partition coefficient (Wildman–Crippen LogP) is 2.80. The largest absolute Gasteiger partial charge is 0.328 e. The van der Waals surface area contributed by atoms with Crippen LogP contribution in [-0.4, -0.2) is 26.0 Å². The van der Waals surface area contributed by atoms with Crippen molar-refractivity contribution in [2.75, 3.05) is 0 Å². The molecule has 114 valence electrons. The van der Waals surface area contributed by atoms with Crippen LogP contribution in [0.1, 0.15) is 0 Å². The first kappa shape index (κ1) is 15.2. The maximum Gasteiger partial charge on any atom is 0.306 e. The van der Waals surface area contributed by atoms with Crippen molar-refractivity contribution >= 4 is 38.0 Å². The Morgan fingerprint density at radius 3 is 1.59 bits per heavy atom. The van der Waals surface area contributed by atoms with Crippen LogP contribution >= 0.6 is 24.4 Å². The van der Waals surface area contributed by atoms with Crippen LogP contribution in [-0.2, 0) is 14.1 Å². The molecule has 4 nitrogen and oxygen atoms in total. The fourth-order valence-electron chi connectivity index (χ4n) is 2.74. The van der Waals surface area contributed by atoms with Crippen molar-refractivity contribution in [2.45, 2.75) is 6.55 Å². The molecule has 2 heterocycles. The number of rotatable bonds is 3. The van der Waals surface area contributed by atoms with E-state index in [4.69, 9.17) is 24.4 Å². The normalized spacial score (nSPS) is 11.8. The van der Waals surface area contributed by atoms with Crippen molar-refractivity contribution in [3.8, 4) is 0 Å². The van der Waals surface area contributed by atoms with E-state index in [1.54, 1.807) is 0 Å². The van der Waals surface area contributed by atoms with Gasteiger partial charge in [-0.25, -0.2) is 0 Å². The van der Waals surface area contributed by atoms with Crippen molar-refractivity contribution < 1.29 is 0 Å². The zero-order chi connectivity index (χ0) is 15.9. The Hall–Kier alpha value is -1.70. The Morgan fingerprint density at radius 2 is 1.23 bits per heavy atom. The molecular formula is C15H18N4S2Si. The molecular weight excluding hydrogens is 328 g/mol. The van der Waals surface area contributed by atoms with E-state index in [2.05, 4.69) is 51.7 Å². The minimum absolute atomic E-state index is 0.809. The number of imidazole rings is 2. The van der Waals surface area contributed by atoms with Gasteiger partial charge in [0.15, 0.2) is 9.54 Å². The highest BCUT2D eigenvalue weighted by Gasteiger charge is 2.37. The fraction of sp³-hybridized carbons (Fsp3) is 0.200. The number of hydrogen-bond donors (Lipinski definition) is 0. The van der Waals surface area contributed by atoms with Gasteiger partial charge in [0.25, 0.3) is 0 Å². The van der Waals surface area contributed by atoms with Crippen LogP contribution in [0, 0.1) is 9.54 Å². The molecule has 0 amide bonds. The molecule has 22 heavy (non-hydrogen) atoms. The van der Waals surface area contributed by atoms with Crippen LogP contribution < -0.4 is 5.19 Å². The standard InChI is InChI=1S/C15H18N4S2Si/c1-16-9-11-18(14(16)20)22(3,13-7-5-4-6-8-13)19-12-10-17(2)15(19)21/h4-12H,1-3H3. The van der Waals surface area contributed by atoms with Crippen molar-refractivity contribution in [2.24, 2.45) is 14.1 Å². The molecule has 0 spiro atoms. The summed E-state index contributed by atoms with van der Waals surface area (Å²) in [4.78, 5) is 0. The van der Waals surface area contributed by atoms with E-state index in [0.717, 1.165) is 9.54 Å². The van der Waals surface area contributed by atoms with Gasteiger partial charge in [0.2, 0.25) is 0 Å². The average Bonchev–Trinajstić information content (AvgIpc) is 3.04. The molecule has 3 aromatic rings. The smallest absolute Gasteiger partial charge is 0.306 e. The van der Waals surface area contributed by atoms with Gasteiger partial charge in [0.1, 0.15) is 0 Å². The number of aromatic nitrogens is 4. The fourth-order valence-corrected chi connectivity index (χ4v) is 7.44. The lowest BCUT2D eigenvalue weighted by Gasteiger charge is -2.30. The topological polar surface area (TPSA) is 19.7 Å².